The molecule has 0 amide bonds. The van der Waals surface area contributed by atoms with Crippen LogP contribution in [0.25, 0.3) is 10.9 Å². The number of benzene rings is 1. The van der Waals surface area contributed by atoms with E-state index in [0.717, 1.165) is 53.3 Å². The highest BCUT2D eigenvalue weighted by Crippen LogP contribution is 2.34. The van der Waals surface area contributed by atoms with Gasteiger partial charge in [-0.1, -0.05) is 25.4 Å². The summed E-state index contributed by atoms with van der Waals surface area (Å²) in [5.41, 5.74) is 2.10. The summed E-state index contributed by atoms with van der Waals surface area (Å²) in [6, 6.07) is 7.85. The molecule has 0 spiro atoms. The molecule has 118 valence electrons. The van der Waals surface area contributed by atoms with Crippen LogP contribution in [0.15, 0.2) is 30.5 Å². The van der Waals surface area contributed by atoms with Crippen molar-refractivity contribution >= 4 is 39.0 Å². The number of rotatable bonds is 3. The van der Waals surface area contributed by atoms with Crippen LogP contribution in [0.4, 0.5) is 5.69 Å². The Bertz CT molecular complexity index is 715. The summed E-state index contributed by atoms with van der Waals surface area (Å²) in [6.07, 6.45) is 3.73. The zero-order chi connectivity index (χ0) is 15.7. The van der Waals surface area contributed by atoms with Crippen molar-refractivity contribution in [2.24, 2.45) is 0 Å². The highest BCUT2D eigenvalue weighted by atomic mass is 35.5. The van der Waals surface area contributed by atoms with Crippen molar-refractivity contribution in [3.63, 3.8) is 0 Å². The molecule has 2 heterocycles. The summed E-state index contributed by atoms with van der Waals surface area (Å²) in [7, 11) is -0.753. The van der Waals surface area contributed by atoms with Crippen molar-refractivity contribution in [2.45, 2.75) is 31.4 Å². The third-order valence-electron chi connectivity index (χ3n) is 4.82. The summed E-state index contributed by atoms with van der Waals surface area (Å²) in [6.45, 7) is 5.94. The van der Waals surface area contributed by atoms with Gasteiger partial charge in [-0.15, -0.1) is 0 Å². The monoisotopic (exact) mass is 336 g/mol. The number of fused-ring (bicyclic) bond motifs is 1. The van der Waals surface area contributed by atoms with Gasteiger partial charge < -0.3 is 4.90 Å². The zero-order valence-electron chi connectivity index (χ0n) is 13.0. The van der Waals surface area contributed by atoms with Crippen LogP contribution in [0, 0.1) is 0 Å². The Labute approximate surface area is 139 Å². The Balaban J connectivity index is 2.04. The number of aromatic nitrogens is 1. The summed E-state index contributed by atoms with van der Waals surface area (Å²) in [5.74, 6) is 0.728. The minimum atomic E-state index is -0.753. The molecule has 0 aliphatic carbocycles. The molecule has 1 saturated heterocycles. The van der Waals surface area contributed by atoms with E-state index < -0.39 is 10.8 Å². The molecule has 3 rings (SSSR count). The predicted octanol–water partition coefficient (Wildman–Crippen LogP) is 4.02. The minimum Gasteiger partial charge on any atom is -0.369 e. The van der Waals surface area contributed by atoms with Gasteiger partial charge in [0.2, 0.25) is 0 Å². The van der Waals surface area contributed by atoms with Crippen molar-refractivity contribution < 1.29 is 4.21 Å². The van der Waals surface area contributed by atoms with Crippen LogP contribution in [-0.2, 0) is 10.8 Å². The van der Waals surface area contributed by atoms with E-state index in [4.69, 9.17) is 11.6 Å². The van der Waals surface area contributed by atoms with Crippen LogP contribution in [0.5, 0.6) is 0 Å². The lowest BCUT2D eigenvalue weighted by Crippen LogP contribution is -2.53. The van der Waals surface area contributed by atoms with Gasteiger partial charge >= 0.3 is 0 Å². The first kappa shape index (κ1) is 15.8. The Kier molecular flexibility index (Phi) is 4.42. The molecular weight excluding hydrogens is 316 g/mol. The fourth-order valence-electron chi connectivity index (χ4n) is 3.29. The summed E-state index contributed by atoms with van der Waals surface area (Å²) in [5, 5.41) is 1.79. The second-order valence-corrected chi connectivity index (χ2v) is 8.25. The van der Waals surface area contributed by atoms with Gasteiger partial charge in [0, 0.05) is 51.9 Å². The molecule has 5 heteroatoms. The van der Waals surface area contributed by atoms with Gasteiger partial charge in [-0.05, 0) is 37.1 Å². The molecule has 0 saturated carbocycles. The highest BCUT2D eigenvalue weighted by molar-refractivity contribution is 7.86. The van der Waals surface area contributed by atoms with E-state index in [1.165, 1.54) is 0 Å². The first-order valence-corrected chi connectivity index (χ1v) is 9.47. The van der Waals surface area contributed by atoms with Gasteiger partial charge in [0.25, 0.3) is 0 Å². The fraction of sp³-hybridized carbons (Fsp3) is 0.471. The van der Waals surface area contributed by atoms with E-state index in [0.29, 0.717) is 0 Å². The molecule has 1 unspecified atom stereocenters. The largest absolute Gasteiger partial charge is 0.369 e. The molecule has 1 aromatic heterocycles. The molecule has 1 aliphatic rings. The van der Waals surface area contributed by atoms with Gasteiger partial charge in [-0.2, -0.15) is 0 Å². The van der Waals surface area contributed by atoms with Crippen LogP contribution in [-0.4, -0.2) is 32.8 Å². The maximum Gasteiger partial charge on any atom is 0.0723 e. The van der Waals surface area contributed by atoms with Crippen molar-refractivity contribution in [3.05, 3.63) is 35.5 Å². The molecule has 0 bridgehead atoms. The number of nitrogens with zero attached hydrogens (tertiary/aromatic N) is 2. The van der Waals surface area contributed by atoms with Crippen molar-refractivity contribution in [2.75, 3.05) is 23.7 Å². The topological polar surface area (TPSA) is 33.2 Å². The van der Waals surface area contributed by atoms with Crippen molar-refractivity contribution in [1.29, 1.82) is 0 Å². The number of pyridine rings is 1. The molecule has 0 radical (unpaired) electrons. The fourth-order valence-corrected chi connectivity index (χ4v) is 5.22. The van der Waals surface area contributed by atoms with E-state index in [1.54, 1.807) is 0 Å². The third kappa shape index (κ3) is 2.63. The molecule has 2 aromatic rings. The van der Waals surface area contributed by atoms with E-state index in [-0.39, 0.29) is 4.75 Å². The van der Waals surface area contributed by atoms with Crippen LogP contribution in [0.2, 0.25) is 5.02 Å². The van der Waals surface area contributed by atoms with Crippen molar-refractivity contribution in [3.8, 4) is 0 Å². The number of anilines is 1. The maximum atomic E-state index is 12.5. The van der Waals surface area contributed by atoms with Gasteiger partial charge in [-0.3, -0.25) is 9.19 Å². The average Bonchev–Trinajstić information content (AvgIpc) is 2.55. The van der Waals surface area contributed by atoms with Gasteiger partial charge in [0.05, 0.1) is 10.3 Å². The third-order valence-corrected chi connectivity index (χ3v) is 7.28. The predicted molar refractivity (Wildman–Crippen MR) is 95.3 cm³/mol. The lowest BCUT2D eigenvalue weighted by Gasteiger charge is -2.42. The molecule has 3 nitrogen and oxygen atoms in total. The summed E-state index contributed by atoms with van der Waals surface area (Å²) >= 11 is 6.17. The van der Waals surface area contributed by atoms with E-state index in [9.17, 15) is 4.21 Å². The summed E-state index contributed by atoms with van der Waals surface area (Å²) in [4.78, 5) is 6.78. The van der Waals surface area contributed by atoms with Crippen molar-refractivity contribution in [1.82, 2.24) is 4.98 Å². The number of hydrogen-bond acceptors (Lipinski definition) is 3. The Morgan fingerprint density at radius 2 is 2.09 bits per heavy atom. The lowest BCUT2D eigenvalue weighted by atomic mass is 10.0. The molecule has 1 fully saturated rings. The molecule has 1 atom stereocenters. The maximum absolute atomic E-state index is 12.5. The normalized spacial score (nSPS) is 21.2. The second kappa shape index (κ2) is 6.17. The Morgan fingerprint density at radius 1 is 1.32 bits per heavy atom. The Morgan fingerprint density at radius 3 is 2.82 bits per heavy atom. The minimum absolute atomic E-state index is 0.105. The quantitative estimate of drug-likeness (QED) is 0.848. The average molecular weight is 337 g/mol. The van der Waals surface area contributed by atoms with Gasteiger partial charge in [0.1, 0.15) is 0 Å². The first-order valence-electron chi connectivity index (χ1n) is 7.77. The second-order valence-electron chi connectivity index (χ2n) is 5.85. The lowest BCUT2D eigenvalue weighted by molar-refractivity contribution is 0.496. The SMILES string of the molecule is CCC1(CC)CN(c2ccnc3ccc(Cl)cc23)CCS1=O. The van der Waals surface area contributed by atoms with Crippen LogP contribution in [0.3, 0.4) is 0 Å². The number of halogens is 1. The number of hydrogen-bond donors (Lipinski definition) is 0. The van der Waals surface area contributed by atoms with Gasteiger partial charge in [0.15, 0.2) is 0 Å². The van der Waals surface area contributed by atoms with Crippen LogP contribution in [0.1, 0.15) is 26.7 Å². The molecule has 1 aromatic carbocycles. The van der Waals surface area contributed by atoms with Gasteiger partial charge in [-0.25, -0.2) is 0 Å². The molecule has 1 aliphatic heterocycles. The van der Waals surface area contributed by atoms with E-state index in [1.807, 2.05) is 30.5 Å². The van der Waals surface area contributed by atoms with Crippen LogP contribution < -0.4 is 4.90 Å². The first-order chi connectivity index (χ1) is 10.6. The standard InChI is InChI=1S/C17H21ClN2OS/c1-3-17(4-2)12-20(9-10-22(17)21)16-7-8-19-15-6-5-13(18)11-14(15)16/h5-8,11H,3-4,9-10,12H2,1-2H3. The highest BCUT2D eigenvalue weighted by Gasteiger charge is 2.39. The molecular formula is C17H21ClN2OS. The molecule has 0 N–H and O–H groups in total. The van der Waals surface area contributed by atoms with E-state index in [2.05, 4.69) is 23.7 Å². The Hall–Kier alpha value is -1.13. The van der Waals surface area contributed by atoms with E-state index >= 15 is 0 Å². The van der Waals surface area contributed by atoms with Crippen LogP contribution >= 0.6 is 11.6 Å². The smallest absolute Gasteiger partial charge is 0.0723 e. The zero-order valence-corrected chi connectivity index (χ0v) is 14.6. The summed E-state index contributed by atoms with van der Waals surface area (Å²) < 4.78 is 12.4. The molecule has 22 heavy (non-hydrogen) atoms.